The summed E-state index contributed by atoms with van der Waals surface area (Å²) in [6.07, 6.45) is 1.03. The average Bonchev–Trinajstić information content (AvgIpc) is 2.91. The SMILES string of the molecule is NC(=O)[C@H](Cc1ccc(O)cc1)NC(=O)[C@@H](N)CCSSCC[C@H](N)C(=O)N[C@@H](Cc1ccc(O)cc1)C(N)=O. The number of hydrogen-bond acceptors (Lipinski definition) is 10. The quantitative estimate of drug-likeness (QED) is 0.0876. The fourth-order valence-corrected chi connectivity index (χ4v) is 5.69. The van der Waals surface area contributed by atoms with Crippen LogP contribution in [-0.2, 0) is 32.0 Å². The molecule has 0 unspecified atom stereocenters. The molecular formula is C26H36N6O6S2. The molecule has 0 aromatic heterocycles. The summed E-state index contributed by atoms with van der Waals surface area (Å²) in [4.78, 5) is 48.5. The molecule has 12 N–H and O–H groups in total. The molecule has 0 saturated carbocycles. The van der Waals surface area contributed by atoms with Crippen molar-refractivity contribution >= 4 is 45.2 Å². The molecule has 2 rings (SSSR count). The molecule has 0 aliphatic carbocycles. The third kappa shape index (κ3) is 11.7. The number of aromatic hydroxyl groups is 2. The Labute approximate surface area is 240 Å². The summed E-state index contributed by atoms with van der Waals surface area (Å²) >= 11 is 0. The van der Waals surface area contributed by atoms with Crippen molar-refractivity contribution in [2.45, 2.75) is 49.9 Å². The predicted molar refractivity (Wildman–Crippen MR) is 156 cm³/mol. The smallest absolute Gasteiger partial charge is 0.240 e. The molecular weight excluding hydrogens is 556 g/mol. The van der Waals surface area contributed by atoms with Crippen molar-refractivity contribution in [3.8, 4) is 11.5 Å². The monoisotopic (exact) mass is 592 g/mol. The Morgan fingerprint density at radius 1 is 0.650 bits per heavy atom. The lowest BCUT2D eigenvalue weighted by Gasteiger charge is -2.19. The van der Waals surface area contributed by atoms with Gasteiger partial charge in [0.25, 0.3) is 0 Å². The van der Waals surface area contributed by atoms with Crippen LogP contribution in [0.4, 0.5) is 0 Å². The topological polar surface area (TPSA) is 237 Å². The van der Waals surface area contributed by atoms with Gasteiger partial charge in [-0.2, -0.15) is 0 Å². The second kappa shape index (κ2) is 16.6. The highest BCUT2D eigenvalue weighted by molar-refractivity contribution is 8.76. The second-order valence-corrected chi connectivity index (χ2v) is 11.8. The molecule has 0 aliphatic heterocycles. The van der Waals surface area contributed by atoms with Gasteiger partial charge in [0.05, 0.1) is 12.1 Å². The Hall–Kier alpha value is -3.46. The molecule has 0 radical (unpaired) electrons. The number of rotatable bonds is 17. The maximum atomic E-state index is 12.4. The minimum absolute atomic E-state index is 0.0877. The summed E-state index contributed by atoms with van der Waals surface area (Å²) in [6, 6.07) is 8.88. The molecule has 0 spiro atoms. The highest BCUT2D eigenvalue weighted by atomic mass is 33.1. The van der Waals surface area contributed by atoms with Crippen LogP contribution < -0.4 is 33.6 Å². The van der Waals surface area contributed by atoms with Crippen molar-refractivity contribution < 1.29 is 29.4 Å². The van der Waals surface area contributed by atoms with Crippen molar-refractivity contribution in [2.75, 3.05) is 11.5 Å². The van der Waals surface area contributed by atoms with E-state index in [0.29, 0.717) is 24.3 Å². The van der Waals surface area contributed by atoms with Gasteiger partial charge in [-0.05, 0) is 48.2 Å². The highest BCUT2D eigenvalue weighted by Crippen LogP contribution is 2.23. The van der Waals surface area contributed by atoms with Crippen LogP contribution in [0.15, 0.2) is 48.5 Å². The normalized spacial score (nSPS) is 13.9. The fourth-order valence-electron chi connectivity index (χ4n) is 3.47. The number of amides is 4. The van der Waals surface area contributed by atoms with Crippen molar-refractivity contribution in [1.29, 1.82) is 0 Å². The van der Waals surface area contributed by atoms with Crippen LogP contribution >= 0.6 is 21.6 Å². The van der Waals surface area contributed by atoms with E-state index in [1.165, 1.54) is 45.9 Å². The molecule has 0 fully saturated rings. The Balaban J connectivity index is 1.67. The Morgan fingerprint density at radius 3 is 1.27 bits per heavy atom. The molecule has 0 saturated heterocycles. The Bertz CT molecular complexity index is 1050. The number of nitrogens with one attached hydrogen (secondary N) is 2. The van der Waals surface area contributed by atoms with Gasteiger partial charge in [-0.1, -0.05) is 45.9 Å². The first-order chi connectivity index (χ1) is 19.0. The van der Waals surface area contributed by atoms with E-state index < -0.39 is 47.8 Å². The Kier molecular flexibility index (Phi) is 13.6. The van der Waals surface area contributed by atoms with E-state index in [4.69, 9.17) is 22.9 Å². The highest BCUT2D eigenvalue weighted by Gasteiger charge is 2.23. The van der Waals surface area contributed by atoms with Crippen molar-refractivity contribution in [2.24, 2.45) is 22.9 Å². The van der Waals surface area contributed by atoms with E-state index in [-0.39, 0.29) is 24.3 Å². The first-order valence-corrected chi connectivity index (χ1v) is 15.0. The molecule has 2 aromatic rings. The summed E-state index contributed by atoms with van der Waals surface area (Å²) in [5, 5.41) is 23.9. The van der Waals surface area contributed by atoms with E-state index in [1.807, 2.05) is 0 Å². The average molecular weight is 593 g/mol. The minimum atomic E-state index is -0.937. The summed E-state index contributed by atoms with van der Waals surface area (Å²) in [7, 11) is 2.93. The first-order valence-electron chi connectivity index (χ1n) is 12.5. The standard InChI is InChI=1S/C26H36N6O6S2/c27-19(25(37)31-21(23(29)35)13-15-1-5-17(33)6-2-15)9-11-39-40-12-10-20(28)26(38)32-22(24(30)36)14-16-3-7-18(34)8-4-16/h1-8,19-22,33-34H,9-14,27-28H2,(H2,29,35)(H2,30,36)(H,31,37)(H,32,38)/t19-,20-,21-,22-/m0/s1. The molecule has 0 aliphatic rings. The van der Waals surface area contributed by atoms with Crippen molar-refractivity contribution in [1.82, 2.24) is 10.6 Å². The molecule has 12 nitrogen and oxygen atoms in total. The number of carbonyl (C=O) groups excluding carboxylic acids is 4. The number of phenolic OH excluding ortho intramolecular Hbond substituents is 2. The first kappa shape index (κ1) is 32.8. The summed E-state index contributed by atoms with van der Waals surface area (Å²) in [5.41, 5.74) is 24.2. The maximum Gasteiger partial charge on any atom is 0.240 e. The van der Waals surface area contributed by atoms with Crippen LogP contribution in [0.2, 0.25) is 0 Å². The van der Waals surface area contributed by atoms with Crippen LogP contribution in [0.1, 0.15) is 24.0 Å². The molecule has 2 aromatic carbocycles. The molecule has 40 heavy (non-hydrogen) atoms. The van der Waals surface area contributed by atoms with Crippen LogP contribution in [0, 0.1) is 0 Å². The van der Waals surface area contributed by atoms with E-state index in [2.05, 4.69) is 10.6 Å². The molecule has 0 bridgehead atoms. The number of benzene rings is 2. The Morgan fingerprint density at radius 2 is 0.975 bits per heavy atom. The number of nitrogens with two attached hydrogens (primary N) is 4. The van der Waals surface area contributed by atoms with Crippen LogP contribution in [-0.4, -0.2) is 69.5 Å². The van der Waals surface area contributed by atoms with Gasteiger partial charge < -0.3 is 43.8 Å². The van der Waals surface area contributed by atoms with E-state index >= 15 is 0 Å². The third-order valence-electron chi connectivity index (χ3n) is 5.85. The van der Waals surface area contributed by atoms with Gasteiger partial charge in [0.15, 0.2) is 0 Å². The van der Waals surface area contributed by atoms with E-state index in [9.17, 15) is 29.4 Å². The van der Waals surface area contributed by atoms with Crippen LogP contribution in [0.5, 0.6) is 11.5 Å². The minimum Gasteiger partial charge on any atom is -0.508 e. The molecule has 4 amide bonds. The molecule has 218 valence electrons. The largest absolute Gasteiger partial charge is 0.508 e. The van der Waals surface area contributed by atoms with Crippen molar-refractivity contribution in [3.05, 3.63) is 59.7 Å². The zero-order chi connectivity index (χ0) is 29.7. The molecule has 0 heterocycles. The zero-order valence-electron chi connectivity index (χ0n) is 21.8. The second-order valence-electron chi connectivity index (χ2n) is 9.10. The number of hydrogen-bond donors (Lipinski definition) is 8. The summed E-state index contributed by atoms with van der Waals surface area (Å²) in [5.74, 6) is -1.13. The zero-order valence-corrected chi connectivity index (χ0v) is 23.5. The molecule has 4 atom stereocenters. The third-order valence-corrected chi connectivity index (χ3v) is 8.32. The van der Waals surface area contributed by atoms with E-state index in [0.717, 1.165) is 11.1 Å². The van der Waals surface area contributed by atoms with Crippen LogP contribution in [0.25, 0.3) is 0 Å². The lowest BCUT2D eigenvalue weighted by Crippen LogP contribution is -2.51. The van der Waals surface area contributed by atoms with Gasteiger partial charge in [0.1, 0.15) is 23.6 Å². The summed E-state index contributed by atoms with van der Waals surface area (Å²) < 4.78 is 0. The van der Waals surface area contributed by atoms with E-state index in [1.54, 1.807) is 24.3 Å². The van der Waals surface area contributed by atoms with Gasteiger partial charge in [0, 0.05) is 24.3 Å². The number of phenols is 2. The lowest BCUT2D eigenvalue weighted by molar-refractivity contribution is -0.128. The molecule has 14 heteroatoms. The lowest BCUT2D eigenvalue weighted by atomic mass is 10.0. The van der Waals surface area contributed by atoms with Gasteiger partial charge in [-0.15, -0.1) is 0 Å². The van der Waals surface area contributed by atoms with Crippen molar-refractivity contribution in [3.63, 3.8) is 0 Å². The van der Waals surface area contributed by atoms with Gasteiger partial charge >= 0.3 is 0 Å². The fraction of sp³-hybridized carbons (Fsp3) is 0.385. The summed E-state index contributed by atoms with van der Waals surface area (Å²) in [6.45, 7) is 0. The van der Waals surface area contributed by atoms with Crippen LogP contribution in [0.3, 0.4) is 0 Å². The number of carbonyl (C=O) groups is 4. The maximum absolute atomic E-state index is 12.4. The number of primary amides is 2. The van der Waals surface area contributed by atoms with Gasteiger partial charge in [-0.25, -0.2) is 0 Å². The van der Waals surface area contributed by atoms with Gasteiger partial charge in [0.2, 0.25) is 23.6 Å². The predicted octanol–water partition coefficient (Wildman–Crippen LogP) is -0.361. The van der Waals surface area contributed by atoms with Gasteiger partial charge in [-0.3, -0.25) is 19.2 Å².